The number of hydrogen-bond donors (Lipinski definition) is 2. The molecule has 226 valence electrons. The molecule has 0 bridgehead atoms. The van der Waals surface area contributed by atoms with Gasteiger partial charge in [0.2, 0.25) is 0 Å². The van der Waals surface area contributed by atoms with Crippen molar-refractivity contribution in [2.75, 3.05) is 39.2 Å². The standard InChI is InChI=1S/C34H40N4O5/c1-22-18-38(23(2)20-39)33(40)32-31(26-14-8-10-16-28(26)37(32)4)25-13-7-6-12-24(25)21-43-30(22)19-36(3)34(41)35-27-15-9-11-17-29(27)42-5/h6-17,22-23,30,39H,18-21H2,1-5H3,(H,35,41)/t22-,23-,30-/m1/s1. The number of nitrogens with zero attached hydrogens (tertiary/aromatic N) is 3. The van der Waals surface area contributed by atoms with Gasteiger partial charge in [-0.05, 0) is 36.2 Å². The van der Waals surface area contributed by atoms with Crippen LogP contribution in [0.2, 0.25) is 0 Å². The predicted octanol–water partition coefficient (Wildman–Crippen LogP) is 5.38. The molecule has 9 heteroatoms. The Hall–Kier alpha value is -4.34. The fourth-order valence-electron chi connectivity index (χ4n) is 5.84. The Morgan fingerprint density at radius 3 is 2.58 bits per heavy atom. The van der Waals surface area contributed by atoms with E-state index in [2.05, 4.69) is 5.32 Å². The van der Waals surface area contributed by atoms with Crippen LogP contribution >= 0.6 is 0 Å². The number of urea groups is 1. The zero-order valence-electron chi connectivity index (χ0n) is 25.4. The van der Waals surface area contributed by atoms with Gasteiger partial charge >= 0.3 is 6.03 Å². The maximum Gasteiger partial charge on any atom is 0.321 e. The summed E-state index contributed by atoms with van der Waals surface area (Å²) in [4.78, 5) is 31.0. The van der Waals surface area contributed by atoms with Crippen LogP contribution in [0.5, 0.6) is 5.75 Å². The highest BCUT2D eigenvalue weighted by Gasteiger charge is 2.34. The predicted molar refractivity (Wildman–Crippen MR) is 168 cm³/mol. The highest BCUT2D eigenvalue weighted by molar-refractivity contribution is 6.10. The number of nitrogens with one attached hydrogen (secondary N) is 1. The lowest BCUT2D eigenvalue weighted by Gasteiger charge is -2.35. The third-order valence-corrected chi connectivity index (χ3v) is 8.37. The summed E-state index contributed by atoms with van der Waals surface area (Å²) in [6, 6.07) is 22.5. The number of aliphatic hydroxyl groups excluding tert-OH is 1. The van der Waals surface area contributed by atoms with E-state index in [1.165, 1.54) is 0 Å². The van der Waals surface area contributed by atoms with Crippen LogP contribution in [0.4, 0.5) is 10.5 Å². The number of methoxy groups -OCH3 is 1. The average Bonchev–Trinajstić information content (AvgIpc) is 3.32. The van der Waals surface area contributed by atoms with E-state index in [0.29, 0.717) is 30.3 Å². The lowest BCUT2D eigenvalue weighted by atomic mass is 9.96. The van der Waals surface area contributed by atoms with E-state index in [4.69, 9.17) is 9.47 Å². The number of aryl methyl sites for hydroxylation is 1. The summed E-state index contributed by atoms with van der Waals surface area (Å²) in [6.07, 6.45) is -0.402. The van der Waals surface area contributed by atoms with Crippen molar-refractivity contribution in [1.29, 1.82) is 0 Å². The summed E-state index contributed by atoms with van der Waals surface area (Å²) in [6.45, 7) is 4.62. The molecule has 5 rings (SSSR count). The Morgan fingerprint density at radius 1 is 1.12 bits per heavy atom. The Kier molecular flexibility index (Phi) is 9.03. The second kappa shape index (κ2) is 12.9. The summed E-state index contributed by atoms with van der Waals surface area (Å²) < 4.78 is 13.9. The van der Waals surface area contributed by atoms with Crippen LogP contribution in [0, 0.1) is 5.92 Å². The third kappa shape index (κ3) is 5.96. The number of aromatic nitrogens is 1. The Labute approximate surface area is 252 Å². The molecule has 4 aromatic rings. The molecular weight excluding hydrogens is 544 g/mol. The zero-order valence-corrected chi connectivity index (χ0v) is 25.4. The molecular formula is C34H40N4O5. The van der Waals surface area contributed by atoms with Gasteiger partial charge in [-0.1, -0.05) is 61.5 Å². The molecule has 0 saturated heterocycles. The molecule has 0 radical (unpaired) electrons. The first-order valence-electron chi connectivity index (χ1n) is 14.6. The molecule has 0 aliphatic carbocycles. The first-order chi connectivity index (χ1) is 20.7. The van der Waals surface area contributed by atoms with E-state index in [1.54, 1.807) is 36.1 Å². The van der Waals surface area contributed by atoms with Gasteiger partial charge in [0.15, 0.2) is 0 Å². The SMILES string of the molecule is COc1ccccc1NC(=O)N(C)C[C@H]1OCc2ccccc2-c2c(n(C)c3ccccc23)C(=O)N([C@H](C)CO)C[C@H]1C. The molecule has 3 atom stereocenters. The van der Waals surface area contributed by atoms with Crippen molar-refractivity contribution in [3.63, 3.8) is 0 Å². The first-order valence-corrected chi connectivity index (χ1v) is 14.6. The number of aliphatic hydroxyl groups is 1. The summed E-state index contributed by atoms with van der Waals surface area (Å²) in [7, 11) is 5.20. The summed E-state index contributed by atoms with van der Waals surface area (Å²) >= 11 is 0. The minimum atomic E-state index is -0.427. The van der Waals surface area contributed by atoms with Crippen LogP contribution in [0.25, 0.3) is 22.0 Å². The van der Waals surface area contributed by atoms with Gasteiger partial charge in [0, 0.05) is 49.6 Å². The van der Waals surface area contributed by atoms with Crippen molar-refractivity contribution in [3.05, 3.63) is 84.1 Å². The molecule has 0 spiro atoms. The smallest absolute Gasteiger partial charge is 0.321 e. The van der Waals surface area contributed by atoms with Gasteiger partial charge in [-0.2, -0.15) is 0 Å². The van der Waals surface area contributed by atoms with Crippen LogP contribution in [0.15, 0.2) is 72.8 Å². The topological polar surface area (TPSA) is 96.3 Å². The van der Waals surface area contributed by atoms with Crippen LogP contribution in [-0.4, -0.2) is 77.4 Å². The number of hydrogen-bond acceptors (Lipinski definition) is 5. The lowest BCUT2D eigenvalue weighted by molar-refractivity contribution is -0.0179. The number of fused-ring (bicyclic) bond motifs is 5. The maximum absolute atomic E-state index is 14.5. The Morgan fingerprint density at radius 2 is 1.81 bits per heavy atom. The molecule has 2 heterocycles. The summed E-state index contributed by atoms with van der Waals surface area (Å²) in [5.74, 6) is 0.252. The number of benzene rings is 3. The van der Waals surface area contributed by atoms with E-state index in [9.17, 15) is 14.7 Å². The van der Waals surface area contributed by atoms with Crippen molar-refractivity contribution in [1.82, 2.24) is 14.4 Å². The molecule has 1 aliphatic heterocycles. The molecule has 0 fully saturated rings. The van der Waals surface area contributed by atoms with Gasteiger partial charge in [-0.25, -0.2) is 4.79 Å². The van der Waals surface area contributed by atoms with E-state index in [-0.39, 0.29) is 31.0 Å². The average molecular weight is 585 g/mol. The third-order valence-electron chi connectivity index (χ3n) is 8.37. The van der Waals surface area contributed by atoms with Gasteiger partial charge < -0.3 is 34.3 Å². The van der Waals surface area contributed by atoms with Crippen LogP contribution in [0.3, 0.4) is 0 Å². The molecule has 3 aromatic carbocycles. The molecule has 1 aliphatic rings. The van der Waals surface area contributed by atoms with Crippen molar-refractivity contribution in [2.45, 2.75) is 32.6 Å². The number of amides is 3. The molecule has 2 N–H and O–H groups in total. The van der Waals surface area contributed by atoms with Crippen LogP contribution in [-0.2, 0) is 18.4 Å². The zero-order chi connectivity index (χ0) is 30.7. The number of para-hydroxylation sites is 3. The molecule has 0 saturated carbocycles. The molecule has 9 nitrogen and oxygen atoms in total. The number of anilines is 1. The minimum Gasteiger partial charge on any atom is -0.495 e. The number of carbonyl (C=O) groups excluding carboxylic acids is 2. The van der Waals surface area contributed by atoms with Gasteiger partial charge in [0.25, 0.3) is 5.91 Å². The summed E-state index contributed by atoms with van der Waals surface area (Å²) in [5, 5.41) is 14.1. The normalized spacial score (nSPS) is 17.9. The van der Waals surface area contributed by atoms with Gasteiger partial charge in [-0.15, -0.1) is 0 Å². The van der Waals surface area contributed by atoms with Crippen LogP contribution in [0.1, 0.15) is 29.9 Å². The Balaban J connectivity index is 1.53. The second-order valence-electron chi connectivity index (χ2n) is 11.3. The highest BCUT2D eigenvalue weighted by atomic mass is 16.5. The monoisotopic (exact) mass is 584 g/mol. The van der Waals surface area contributed by atoms with E-state index >= 15 is 0 Å². The fourth-order valence-corrected chi connectivity index (χ4v) is 5.84. The number of ether oxygens (including phenoxy) is 2. The molecule has 1 aromatic heterocycles. The van der Waals surface area contributed by atoms with E-state index < -0.39 is 12.1 Å². The largest absolute Gasteiger partial charge is 0.495 e. The quantitative estimate of drug-likeness (QED) is 0.318. The van der Waals surface area contributed by atoms with Crippen molar-refractivity contribution < 1.29 is 24.2 Å². The first kappa shape index (κ1) is 30.1. The van der Waals surface area contributed by atoms with Gasteiger partial charge in [0.05, 0.1) is 38.2 Å². The van der Waals surface area contributed by atoms with E-state index in [0.717, 1.165) is 27.6 Å². The highest BCUT2D eigenvalue weighted by Crippen LogP contribution is 2.38. The van der Waals surface area contributed by atoms with E-state index in [1.807, 2.05) is 86.1 Å². The number of likely N-dealkylation sites (N-methyl/N-ethyl adjacent to an activating group) is 1. The van der Waals surface area contributed by atoms with Gasteiger partial charge in [0.1, 0.15) is 11.4 Å². The van der Waals surface area contributed by atoms with Gasteiger partial charge in [-0.3, -0.25) is 4.79 Å². The molecule has 3 amide bonds. The number of rotatable bonds is 6. The summed E-state index contributed by atoms with van der Waals surface area (Å²) in [5.41, 5.74) is 4.85. The maximum atomic E-state index is 14.5. The van der Waals surface area contributed by atoms with Crippen molar-refractivity contribution in [2.24, 2.45) is 13.0 Å². The second-order valence-corrected chi connectivity index (χ2v) is 11.3. The number of carbonyl (C=O) groups is 2. The molecule has 0 unspecified atom stereocenters. The van der Waals surface area contributed by atoms with Crippen molar-refractivity contribution >= 4 is 28.5 Å². The molecule has 43 heavy (non-hydrogen) atoms. The lowest BCUT2D eigenvalue weighted by Crippen LogP contribution is -2.48. The Bertz CT molecular complexity index is 1620. The fraction of sp³-hybridized carbons (Fsp3) is 0.353. The van der Waals surface area contributed by atoms with Crippen molar-refractivity contribution in [3.8, 4) is 16.9 Å². The minimum absolute atomic E-state index is 0.153. The van der Waals surface area contributed by atoms with Crippen LogP contribution < -0.4 is 10.1 Å².